The van der Waals surface area contributed by atoms with Crippen LogP contribution >= 0.6 is 0 Å². The number of rotatable bonds is 3. The molecule has 0 aliphatic carbocycles. The first-order chi connectivity index (χ1) is 9.69. The Balaban J connectivity index is 2.13. The van der Waals surface area contributed by atoms with E-state index in [9.17, 15) is 4.39 Å². The van der Waals surface area contributed by atoms with Crippen molar-refractivity contribution in [3.63, 3.8) is 0 Å². The summed E-state index contributed by atoms with van der Waals surface area (Å²) in [6, 6.07) is 6.21. The van der Waals surface area contributed by atoms with Gasteiger partial charge in [-0.2, -0.15) is 5.10 Å². The Morgan fingerprint density at radius 1 is 1.20 bits per heavy atom. The van der Waals surface area contributed by atoms with E-state index in [0.717, 1.165) is 35.1 Å². The zero-order chi connectivity index (χ0) is 14.1. The fourth-order valence-electron chi connectivity index (χ4n) is 2.25. The Morgan fingerprint density at radius 2 is 1.95 bits per heavy atom. The lowest BCUT2D eigenvalue weighted by Gasteiger charge is -2.01. The smallest absolute Gasteiger partial charge is 0.159 e. The van der Waals surface area contributed by atoms with Gasteiger partial charge in [-0.05, 0) is 30.7 Å². The minimum atomic E-state index is -0.261. The van der Waals surface area contributed by atoms with Crippen molar-refractivity contribution in [1.29, 1.82) is 0 Å². The van der Waals surface area contributed by atoms with Gasteiger partial charge in [-0.1, -0.05) is 13.3 Å². The van der Waals surface area contributed by atoms with Gasteiger partial charge in [0.25, 0.3) is 0 Å². The number of aryl methyl sites for hydroxylation is 2. The molecule has 1 aromatic carbocycles. The molecule has 4 nitrogen and oxygen atoms in total. The van der Waals surface area contributed by atoms with Gasteiger partial charge in [0.2, 0.25) is 0 Å². The molecule has 0 atom stereocenters. The highest BCUT2D eigenvalue weighted by Crippen LogP contribution is 2.21. The van der Waals surface area contributed by atoms with Crippen molar-refractivity contribution in [3.8, 4) is 11.4 Å². The van der Waals surface area contributed by atoms with Crippen LogP contribution < -0.4 is 0 Å². The molecule has 102 valence electrons. The average molecular weight is 270 g/mol. The van der Waals surface area contributed by atoms with Crippen LogP contribution in [0.5, 0.6) is 0 Å². The van der Waals surface area contributed by atoms with Crippen LogP contribution in [0.1, 0.15) is 19.0 Å². The maximum Gasteiger partial charge on any atom is 0.159 e. The Labute approximate surface area is 116 Å². The molecule has 0 fully saturated rings. The Bertz CT molecular complexity index is 746. The summed E-state index contributed by atoms with van der Waals surface area (Å²) in [5.74, 6) is 0.339. The zero-order valence-electron chi connectivity index (χ0n) is 11.5. The van der Waals surface area contributed by atoms with Crippen LogP contribution in [0.3, 0.4) is 0 Å². The van der Waals surface area contributed by atoms with Gasteiger partial charge in [-0.15, -0.1) is 0 Å². The summed E-state index contributed by atoms with van der Waals surface area (Å²) in [7, 11) is 1.89. The first kappa shape index (κ1) is 12.7. The van der Waals surface area contributed by atoms with Crippen molar-refractivity contribution >= 4 is 11.0 Å². The standard InChI is InChI=1S/C15H15FN4/c1-3-4-12-14-13(20(2)19-12)9-17-15(18-14)10-5-7-11(16)8-6-10/h5-9H,3-4H2,1-2H3. The summed E-state index contributed by atoms with van der Waals surface area (Å²) in [5.41, 5.74) is 3.58. The van der Waals surface area contributed by atoms with E-state index in [1.807, 2.05) is 7.05 Å². The number of benzene rings is 1. The van der Waals surface area contributed by atoms with Gasteiger partial charge in [0, 0.05) is 12.6 Å². The molecule has 0 spiro atoms. The van der Waals surface area contributed by atoms with Gasteiger partial charge in [0.05, 0.1) is 11.9 Å². The molecule has 3 rings (SSSR count). The van der Waals surface area contributed by atoms with E-state index in [0.29, 0.717) is 5.82 Å². The quantitative estimate of drug-likeness (QED) is 0.734. The molecule has 5 heteroatoms. The summed E-state index contributed by atoms with van der Waals surface area (Å²) < 4.78 is 14.8. The van der Waals surface area contributed by atoms with E-state index in [2.05, 4.69) is 22.0 Å². The van der Waals surface area contributed by atoms with Crippen LogP contribution in [0.15, 0.2) is 30.5 Å². The summed E-state index contributed by atoms with van der Waals surface area (Å²) in [4.78, 5) is 8.94. The minimum absolute atomic E-state index is 0.261. The topological polar surface area (TPSA) is 43.6 Å². The van der Waals surface area contributed by atoms with Crippen LogP contribution in [0.25, 0.3) is 22.4 Å². The third-order valence-corrected chi connectivity index (χ3v) is 3.25. The van der Waals surface area contributed by atoms with Gasteiger partial charge in [-0.25, -0.2) is 14.4 Å². The summed E-state index contributed by atoms with van der Waals surface area (Å²) >= 11 is 0. The summed E-state index contributed by atoms with van der Waals surface area (Å²) in [6.07, 6.45) is 3.67. The lowest BCUT2D eigenvalue weighted by Crippen LogP contribution is -1.92. The highest BCUT2D eigenvalue weighted by molar-refractivity contribution is 5.78. The lowest BCUT2D eigenvalue weighted by molar-refractivity contribution is 0.628. The second kappa shape index (κ2) is 5.00. The summed E-state index contributed by atoms with van der Waals surface area (Å²) in [6.45, 7) is 2.11. The van der Waals surface area contributed by atoms with Gasteiger partial charge in [0.15, 0.2) is 5.82 Å². The second-order valence-electron chi connectivity index (χ2n) is 4.75. The molecule has 0 unspecified atom stereocenters. The highest BCUT2D eigenvalue weighted by Gasteiger charge is 2.12. The van der Waals surface area contributed by atoms with Gasteiger partial charge in [-0.3, -0.25) is 4.68 Å². The first-order valence-electron chi connectivity index (χ1n) is 6.63. The van der Waals surface area contributed by atoms with Crippen LogP contribution in [-0.2, 0) is 13.5 Å². The van der Waals surface area contributed by atoms with Crippen LogP contribution in [0.2, 0.25) is 0 Å². The Hall–Kier alpha value is -2.30. The maximum absolute atomic E-state index is 13.0. The molecule has 20 heavy (non-hydrogen) atoms. The van der Waals surface area contributed by atoms with Gasteiger partial charge >= 0.3 is 0 Å². The molecule has 2 aromatic heterocycles. The fraction of sp³-hybridized carbons (Fsp3) is 0.267. The average Bonchev–Trinajstić information content (AvgIpc) is 2.76. The van der Waals surface area contributed by atoms with Gasteiger partial charge in [0.1, 0.15) is 16.9 Å². The first-order valence-corrected chi connectivity index (χ1v) is 6.63. The molecular weight excluding hydrogens is 255 g/mol. The monoisotopic (exact) mass is 270 g/mol. The maximum atomic E-state index is 13.0. The molecule has 0 radical (unpaired) electrons. The minimum Gasteiger partial charge on any atom is -0.264 e. The number of aromatic nitrogens is 4. The van der Waals surface area contributed by atoms with E-state index in [4.69, 9.17) is 0 Å². The molecule has 0 aliphatic rings. The molecule has 0 amide bonds. The van der Waals surface area contributed by atoms with Crippen molar-refractivity contribution in [3.05, 3.63) is 42.0 Å². The second-order valence-corrected chi connectivity index (χ2v) is 4.75. The molecule has 0 saturated heterocycles. The number of fused-ring (bicyclic) bond motifs is 1. The molecule has 0 saturated carbocycles. The molecule has 0 N–H and O–H groups in total. The number of halogens is 1. The fourth-order valence-corrected chi connectivity index (χ4v) is 2.25. The third-order valence-electron chi connectivity index (χ3n) is 3.25. The van der Waals surface area contributed by atoms with Crippen molar-refractivity contribution in [2.24, 2.45) is 7.05 Å². The van der Waals surface area contributed by atoms with Crippen molar-refractivity contribution < 1.29 is 4.39 Å². The highest BCUT2D eigenvalue weighted by atomic mass is 19.1. The van der Waals surface area contributed by atoms with E-state index in [-0.39, 0.29) is 5.82 Å². The zero-order valence-corrected chi connectivity index (χ0v) is 11.5. The van der Waals surface area contributed by atoms with E-state index >= 15 is 0 Å². The van der Waals surface area contributed by atoms with E-state index in [1.54, 1.807) is 23.0 Å². The molecule has 0 bridgehead atoms. The number of hydrogen-bond acceptors (Lipinski definition) is 3. The van der Waals surface area contributed by atoms with Crippen molar-refractivity contribution in [2.45, 2.75) is 19.8 Å². The third kappa shape index (κ3) is 2.15. The van der Waals surface area contributed by atoms with E-state index < -0.39 is 0 Å². The SMILES string of the molecule is CCCc1nn(C)c2cnc(-c3ccc(F)cc3)nc12. The van der Waals surface area contributed by atoms with Gasteiger partial charge < -0.3 is 0 Å². The molecular formula is C15H15FN4. The number of nitrogens with zero attached hydrogens (tertiary/aromatic N) is 4. The van der Waals surface area contributed by atoms with Crippen molar-refractivity contribution in [2.75, 3.05) is 0 Å². The summed E-state index contributed by atoms with van der Waals surface area (Å²) in [5, 5.41) is 4.48. The van der Waals surface area contributed by atoms with Crippen LogP contribution in [0, 0.1) is 5.82 Å². The van der Waals surface area contributed by atoms with Crippen LogP contribution in [0.4, 0.5) is 4.39 Å². The number of hydrogen-bond donors (Lipinski definition) is 0. The molecule has 3 aromatic rings. The largest absolute Gasteiger partial charge is 0.264 e. The Kier molecular flexibility index (Phi) is 3.18. The normalized spacial score (nSPS) is 11.2. The van der Waals surface area contributed by atoms with Crippen molar-refractivity contribution in [1.82, 2.24) is 19.7 Å². The lowest BCUT2D eigenvalue weighted by atomic mass is 10.2. The van der Waals surface area contributed by atoms with Crippen LogP contribution in [-0.4, -0.2) is 19.7 Å². The molecule has 2 heterocycles. The predicted octanol–water partition coefficient (Wildman–Crippen LogP) is 3.12. The van der Waals surface area contributed by atoms with E-state index in [1.165, 1.54) is 12.1 Å². The predicted molar refractivity (Wildman–Crippen MR) is 75.7 cm³/mol. The Morgan fingerprint density at radius 3 is 2.65 bits per heavy atom. The molecule has 0 aliphatic heterocycles.